The summed E-state index contributed by atoms with van der Waals surface area (Å²) in [6, 6.07) is 0.0503. The summed E-state index contributed by atoms with van der Waals surface area (Å²) >= 11 is 7.63. The molecule has 4 unspecified atom stereocenters. The van der Waals surface area contributed by atoms with E-state index >= 15 is 0 Å². The van der Waals surface area contributed by atoms with Gasteiger partial charge in [-0.15, -0.1) is 0 Å². The molecular formula is C12H20BrN3S2. The molecule has 6 heteroatoms. The Morgan fingerprint density at radius 2 is 2.28 bits per heavy atom. The van der Waals surface area contributed by atoms with E-state index in [9.17, 15) is 0 Å². The van der Waals surface area contributed by atoms with E-state index in [0.29, 0.717) is 10.5 Å². The van der Waals surface area contributed by atoms with Crippen LogP contribution in [-0.2, 0) is 6.54 Å². The van der Waals surface area contributed by atoms with Crippen molar-refractivity contribution in [3.8, 4) is 0 Å². The maximum Gasteiger partial charge on any atom is 0.0705 e. The van der Waals surface area contributed by atoms with Gasteiger partial charge in [0, 0.05) is 28.0 Å². The third kappa shape index (κ3) is 2.92. The lowest BCUT2D eigenvalue weighted by Crippen LogP contribution is -2.35. The van der Waals surface area contributed by atoms with Gasteiger partial charge in [-0.2, -0.15) is 28.6 Å². The lowest BCUT2D eigenvalue weighted by Gasteiger charge is -2.34. The Morgan fingerprint density at radius 3 is 2.89 bits per heavy atom. The van der Waals surface area contributed by atoms with Crippen molar-refractivity contribution in [2.75, 3.05) is 5.75 Å². The zero-order valence-corrected chi connectivity index (χ0v) is 14.2. The highest BCUT2D eigenvalue weighted by molar-refractivity contribution is 9.10. The first-order valence-corrected chi connectivity index (χ1v) is 9.06. The van der Waals surface area contributed by atoms with Gasteiger partial charge in [0.25, 0.3) is 0 Å². The second-order valence-corrected chi connectivity index (χ2v) is 8.52. The molecule has 1 aromatic rings. The molecule has 0 spiro atoms. The van der Waals surface area contributed by atoms with Crippen molar-refractivity contribution >= 4 is 39.5 Å². The average molecular weight is 350 g/mol. The first kappa shape index (κ1) is 14.8. The van der Waals surface area contributed by atoms with Gasteiger partial charge in [0.2, 0.25) is 0 Å². The van der Waals surface area contributed by atoms with Crippen molar-refractivity contribution in [2.24, 2.45) is 5.73 Å². The molecule has 0 amide bonds. The van der Waals surface area contributed by atoms with E-state index in [1.54, 1.807) is 0 Å². The van der Waals surface area contributed by atoms with Crippen LogP contribution < -0.4 is 5.73 Å². The van der Waals surface area contributed by atoms with Crippen LogP contribution in [0.5, 0.6) is 0 Å². The SMILES string of the molecule is CCn1ncc(Br)c1C(N)C1CSC(C)C(C)S1. The Labute approximate surface area is 126 Å². The number of aromatic nitrogens is 2. The van der Waals surface area contributed by atoms with Crippen LogP contribution in [0, 0.1) is 0 Å². The first-order chi connectivity index (χ1) is 8.54. The highest BCUT2D eigenvalue weighted by Crippen LogP contribution is 2.41. The van der Waals surface area contributed by atoms with Crippen LogP contribution >= 0.6 is 39.5 Å². The normalized spacial score (nSPS) is 30.4. The minimum Gasteiger partial charge on any atom is -0.322 e. The van der Waals surface area contributed by atoms with E-state index in [0.717, 1.165) is 27.7 Å². The fourth-order valence-corrected chi connectivity index (χ4v) is 5.71. The standard InChI is InChI=1S/C12H20BrN3S2/c1-4-16-12(9(13)5-15-16)11(14)10-6-17-7(2)8(3)18-10/h5,7-8,10-11H,4,6,14H2,1-3H3. The summed E-state index contributed by atoms with van der Waals surface area (Å²) in [5.74, 6) is 1.12. The topological polar surface area (TPSA) is 43.8 Å². The zero-order valence-electron chi connectivity index (χ0n) is 11.0. The molecule has 0 aliphatic carbocycles. The minimum atomic E-state index is 0.0503. The smallest absolute Gasteiger partial charge is 0.0705 e. The van der Waals surface area contributed by atoms with E-state index in [1.807, 2.05) is 34.4 Å². The summed E-state index contributed by atoms with van der Waals surface area (Å²) in [7, 11) is 0. The number of aryl methyl sites for hydroxylation is 1. The Balaban J connectivity index is 2.16. The van der Waals surface area contributed by atoms with Crippen LogP contribution in [0.2, 0.25) is 0 Å². The van der Waals surface area contributed by atoms with Crippen molar-refractivity contribution in [3.63, 3.8) is 0 Å². The minimum absolute atomic E-state index is 0.0503. The molecular weight excluding hydrogens is 330 g/mol. The quantitative estimate of drug-likeness (QED) is 0.909. The predicted octanol–water partition coefficient (Wildman–Crippen LogP) is 3.29. The van der Waals surface area contributed by atoms with Gasteiger partial charge in [-0.25, -0.2) is 0 Å². The summed E-state index contributed by atoms with van der Waals surface area (Å²) in [5.41, 5.74) is 7.61. The van der Waals surface area contributed by atoms with Crippen molar-refractivity contribution in [1.29, 1.82) is 0 Å². The Morgan fingerprint density at radius 1 is 1.56 bits per heavy atom. The van der Waals surface area contributed by atoms with Crippen LogP contribution in [0.3, 0.4) is 0 Å². The molecule has 0 bridgehead atoms. The summed E-state index contributed by atoms with van der Waals surface area (Å²) in [5, 5.41) is 6.21. The molecule has 2 rings (SSSR count). The number of nitrogens with zero attached hydrogens (tertiary/aromatic N) is 2. The van der Waals surface area contributed by atoms with Crippen LogP contribution in [-0.4, -0.2) is 31.3 Å². The van der Waals surface area contributed by atoms with Gasteiger partial charge in [0.15, 0.2) is 0 Å². The third-order valence-corrected chi connectivity index (χ3v) is 7.55. The molecule has 1 aliphatic heterocycles. The van der Waals surface area contributed by atoms with Crippen molar-refractivity contribution in [3.05, 3.63) is 16.4 Å². The Bertz CT molecular complexity index is 410. The molecule has 1 aromatic heterocycles. The predicted molar refractivity (Wildman–Crippen MR) is 85.3 cm³/mol. The van der Waals surface area contributed by atoms with E-state index in [4.69, 9.17) is 5.73 Å². The highest BCUT2D eigenvalue weighted by atomic mass is 79.9. The van der Waals surface area contributed by atoms with Gasteiger partial charge >= 0.3 is 0 Å². The van der Waals surface area contributed by atoms with Crippen LogP contribution in [0.4, 0.5) is 0 Å². The summed E-state index contributed by atoms with van der Waals surface area (Å²) in [6.07, 6.45) is 1.85. The fourth-order valence-electron chi connectivity index (χ4n) is 2.13. The van der Waals surface area contributed by atoms with Crippen molar-refractivity contribution in [2.45, 2.75) is 49.1 Å². The van der Waals surface area contributed by atoms with Crippen LogP contribution in [0.15, 0.2) is 10.7 Å². The van der Waals surface area contributed by atoms with Gasteiger partial charge in [-0.3, -0.25) is 4.68 Å². The molecule has 3 nitrogen and oxygen atoms in total. The van der Waals surface area contributed by atoms with E-state index in [-0.39, 0.29) is 6.04 Å². The molecule has 1 saturated heterocycles. The molecule has 4 atom stereocenters. The van der Waals surface area contributed by atoms with E-state index in [1.165, 1.54) is 0 Å². The maximum atomic E-state index is 6.47. The van der Waals surface area contributed by atoms with Gasteiger partial charge in [0.1, 0.15) is 0 Å². The number of rotatable bonds is 3. The molecule has 0 aromatic carbocycles. The largest absolute Gasteiger partial charge is 0.322 e. The highest BCUT2D eigenvalue weighted by Gasteiger charge is 2.32. The Kier molecular flexibility index (Phi) is 5.08. The van der Waals surface area contributed by atoms with Crippen molar-refractivity contribution in [1.82, 2.24) is 9.78 Å². The van der Waals surface area contributed by atoms with Crippen LogP contribution in [0.1, 0.15) is 32.5 Å². The summed E-state index contributed by atoms with van der Waals surface area (Å²) < 4.78 is 3.04. The first-order valence-electron chi connectivity index (χ1n) is 6.28. The number of hydrogen-bond donors (Lipinski definition) is 1. The monoisotopic (exact) mass is 349 g/mol. The fraction of sp³-hybridized carbons (Fsp3) is 0.750. The van der Waals surface area contributed by atoms with Crippen molar-refractivity contribution < 1.29 is 0 Å². The molecule has 2 heterocycles. The lowest BCUT2D eigenvalue weighted by molar-refractivity contribution is 0.565. The van der Waals surface area contributed by atoms with Gasteiger partial charge in [-0.1, -0.05) is 13.8 Å². The van der Waals surface area contributed by atoms with E-state index in [2.05, 4.69) is 41.8 Å². The molecule has 1 fully saturated rings. The molecule has 1 aliphatic rings. The third-order valence-electron chi connectivity index (χ3n) is 3.42. The Hall–Kier alpha value is 0.350. The summed E-state index contributed by atoms with van der Waals surface area (Å²) in [4.78, 5) is 0. The number of nitrogens with two attached hydrogens (primary N) is 1. The van der Waals surface area contributed by atoms with E-state index < -0.39 is 0 Å². The van der Waals surface area contributed by atoms with Gasteiger partial charge < -0.3 is 5.73 Å². The molecule has 102 valence electrons. The average Bonchev–Trinajstić information content (AvgIpc) is 2.73. The number of halogens is 1. The maximum absolute atomic E-state index is 6.47. The van der Waals surface area contributed by atoms with Gasteiger partial charge in [0.05, 0.1) is 22.4 Å². The zero-order chi connectivity index (χ0) is 13.3. The lowest BCUT2D eigenvalue weighted by atomic mass is 10.1. The number of thioether (sulfide) groups is 2. The summed E-state index contributed by atoms with van der Waals surface area (Å²) in [6.45, 7) is 7.57. The second kappa shape index (κ2) is 6.20. The molecule has 18 heavy (non-hydrogen) atoms. The van der Waals surface area contributed by atoms with Gasteiger partial charge in [-0.05, 0) is 22.9 Å². The number of hydrogen-bond acceptors (Lipinski definition) is 4. The molecule has 0 radical (unpaired) electrons. The second-order valence-electron chi connectivity index (χ2n) is 4.64. The molecule has 0 saturated carbocycles. The molecule has 2 N–H and O–H groups in total. The van der Waals surface area contributed by atoms with Crippen LogP contribution in [0.25, 0.3) is 0 Å².